The normalized spacial score (nSPS) is 15.5. The van der Waals surface area contributed by atoms with Crippen molar-refractivity contribution in [1.29, 1.82) is 0 Å². The Bertz CT molecular complexity index is 1470. The van der Waals surface area contributed by atoms with E-state index in [1.807, 2.05) is 0 Å². The van der Waals surface area contributed by atoms with E-state index in [9.17, 15) is 18.0 Å². The molecule has 1 aliphatic rings. The summed E-state index contributed by atoms with van der Waals surface area (Å²) in [4.78, 5) is 29.6. The summed E-state index contributed by atoms with van der Waals surface area (Å²) < 4.78 is 34.5. The highest BCUT2D eigenvalue weighted by atomic mass is 35.5. The predicted octanol–water partition coefficient (Wildman–Crippen LogP) is 4.88. The Kier molecular flexibility index (Phi) is 8.21. The molecule has 0 spiro atoms. The Morgan fingerprint density at radius 3 is 2.44 bits per heavy atom. The average Bonchev–Trinajstić information content (AvgIpc) is 3.20. The standard InChI is InChI=1S/C24H25Cl2N3O5S2/c1-28(17-6-4-3-5-7-17)36(32,33)18-10-8-15(9-11-18)23(31)27-24-29(14-21(30)34-2)22-19(26)12-16(25)13-20(22)35-24/h8-13,17H,3-7,14H2,1-2H3. The number of carbonyl (C=O) groups excluding carboxylic acids is 2. The molecule has 0 aliphatic heterocycles. The third kappa shape index (κ3) is 5.52. The van der Waals surface area contributed by atoms with E-state index in [1.54, 1.807) is 19.2 Å². The molecule has 1 amide bonds. The molecule has 12 heteroatoms. The SMILES string of the molecule is COC(=O)Cn1c(=NC(=O)c2ccc(S(=O)(=O)N(C)C3CCCCC3)cc2)sc2cc(Cl)cc(Cl)c21. The second-order valence-corrected chi connectivity index (χ2v) is 12.4. The maximum Gasteiger partial charge on any atom is 0.325 e. The van der Waals surface area contributed by atoms with E-state index in [0.29, 0.717) is 20.3 Å². The average molecular weight is 571 g/mol. The fourth-order valence-electron chi connectivity index (χ4n) is 4.28. The molecule has 36 heavy (non-hydrogen) atoms. The fraction of sp³-hybridized carbons (Fsp3) is 0.375. The number of hydrogen-bond acceptors (Lipinski definition) is 6. The number of aromatic nitrogens is 1. The van der Waals surface area contributed by atoms with Crippen LogP contribution in [0.5, 0.6) is 0 Å². The summed E-state index contributed by atoms with van der Waals surface area (Å²) in [5.74, 6) is -1.13. The Labute approximate surface area is 223 Å². The van der Waals surface area contributed by atoms with Crippen LogP contribution in [0.2, 0.25) is 10.0 Å². The van der Waals surface area contributed by atoms with Crippen molar-refractivity contribution >= 4 is 66.7 Å². The number of thiazole rings is 1. The second kappa shape index (κ2) is 11.0. The molecule has 2 aromatic carbocycles. The molecule has 1 saturated carbocycles. The van der Waals surface area contributed by atoms with Gasteiger partial charge in [-0.3, -0.25) is 9.59 Å². The first-order valence-corrected chi connectivity index (χ1v) is 14.4. The van der Waals surface area contributed by atoms with Gasteiger partial charge in [0.15, 0.2) is 4.80 Å². The maximum atomic E-state index is 13.1. The van der Waals surface area contributed by atoms with Gasteiger partial charge >= 0.3 is 5.97 Å². The van der Waals surface area contributed by atoms with Crippen LogP contribution >= 0.6 is 34.5 Å². The van der Waals surface area contributed by atoms with Crippen molar-refractivity contribution in [3.63, 3.8) is 0 Å². The van der Waals surface area contributed by atoms with E-state index in [2.05, 4.69) is 4.99 Å². The van der Waals surface area contributed by atoms with Crippen molar-refractivity contribution in [3.8, 4) is 0 Å². The van der Waals surface area contributed by atoms with E-state index >= 15 is 0 Å². The number of methoxy groups -OCH3 is 1. The van der Waals surface area contributed by atoms with Gasteiger partial charge in [0, 0.05) is 23.7 Å². The predicted molar refractivity (Wildman–Crippen MR) is 140 cm³/mol. The maximum absolute atomic E-state index is 13.1. The summed E-state index contributed by atoms with van der Waals surface area (Å²) >= 11 is 13.6. The summed E-state index contributed by atoms with van der Waals surface area (Å²) in [6.07, 6.45) is 4.86. The van der Waals surface area contributed by atoms with Crippen molar-refractivity contribution in [2.45, 2.75) is 49.6 Å². The van der Waals surface area contributed by atoms with Gasteiger partial charge in [-0.05, 0) is 49.2 Å². The lowest BCUT2D eigenvalue weighted by molar-refractivity contribution is -0.141. The van der Waals surface area contributed by atoms with Gasteiger partial charge in [-0.2, -0.15) is 9.30 Å². The highest BCUT2D eigenvalue weighted by molar-refractivity contribution is 7.89. The highest BCUT2D eigenvalue weighted by Crippen LogP contribution is 2.30. The molecule has 0 radical (unpaired) electrons. The van der Waals surface area contributed by atoms with Crippen LogP contribution in [0.1, 0.15) is 42.5 Å². The summed E-state index contributed by atoms with van der Waals surface area (Å²) in [5.41, 5.74) is 0.718. The number of rotatable bonds is 6. The summed E-state index contributed by atoms with van der Waals surface area (Å²) in [5, 5.41) is 0.718. The van der Waals surface area contributed by atoms with Crippen molar-refractivity contribution in [2.24, 2.45) is 4.99 Å². The lowest BCUT2D eigenvalue weighted by Crippen LogP contribution is -2.38. The molecule has 4 rings (SSSR count). The summed E-state index contributed by atoms with van der Waals surface area (Å²) in [7, 11) is -0.806. The van der Waals surface area contributed by atoms with Gasteiger partial charge in [0.05, 0.1) is 27.2 Å². The van der Waals surface area contributed by atoms with Crippen LogP contribution < -0.4 is 4.80 Å². The number of nitrogens with zero attached hydrogens (tertiary/aromatic N) is 3. The van der Waals surface area contributed by atoms with E-state index in [-0.39, 0.29) is 27.8 Å². The molecule has 0 bridgehead atoms. The van der Waals surface area contributed by atoms with Crippen molar-refractivity contribution < 1.29 is 22.7 Å². The number of esters is 1. The van der Waals surface area contributed by atoms with Crippen LogP contribution in [0.25, 0.3) is 10.2 Å². The Morgan fingerprint density at radius 1 is 1.14 bits per heavy atom. The number of halogens is 2. The zero-order valence-corrected chi connectivity index (χ0v) is 22.9. The van der Waals surface area contributed by atoms with E-state index in [0.717, 1.165) is 43.4 Å². The van der Waals surface area contributed by atoms with E-state index in [1.165, 1.54) is 40.2 Å². The Balaban J connectivity index is 1.66. The lowest BCUT2D eigenvalue weighted by atomic mass is 9.96. The first-order valence-electron chi connectivity index (χ1n) is 11.3. The van der Waals surface area contributed by atoms with Crippen LogP contribution in [0.15, 0.2) is 46.3 Å². The van der Waals surface area contributed by atoms with Crippen LogP contribution in [0.3, 0.4) is 0 Å². The van der Waals surface area contributed by atoms with Gasteiger partial charge in [0.25, 0.3) is 5.91 Å². The molecule has 1 aromatic heterocycles. The molecule has 0 atom stereocenters. The fourth-order valence-corrected chi connectivity index (χ4v) is 7.51. The van der Waals surface area contributed by atoms with Crippen molar-refractivity contribution in [2.75, 3.05) is 14.2 Å². The van der Waals surface area contributed by atoms with Gasteiger partial charge in [0.2, 0.25) is 10.0 Å². The zero-order chi connectivity index (χ0) is 26.0. The monoisotopic (exact) mass is 569 g/mol. The molecule has 0 N–H and O–H groups in total. The number of amides is 1. The minimum absolute atomic E-state index is 0.0152. The molecule has 0 saturated heterocycles. The summed E-state index contributed by atoms with van der Waals surface area (Å²) in [6.45, 7) is -0.200. The quantitative estimate of drug-likeness (QED) is 0.394. The van der Waals surface area contributed by atoms with Gasteiger partial charge in [-0.1, -0.05) is 53.8 Å². The lowest BCUT2D eigenvalue weighted by Gasteiger charge is -2.30. The molecule has 8 nitrogen and oxygen atoms in total. The number of ether oxygens (including phenoxy) is 1. The first kappa shape index (κ1) is 26.8. The van der Waals surface area contributed by atoms with Crippen LogP contribution in [-0.2, 0) is 26.1 Å². The molecular weight excluding hydrogens is 545 g/mol. The van der Waals surface area contributed by atoms with E-state index < -0.39 is 21.9 Å². The van der Waals surface area contributed by atoms with Crippen LogP contribution in [0, 0.1) is 0 Å². The largest absolute Gasteiger partial charge is 0.468 e. The van der Waals surface area contributed by atoms with Gasteiger partial charge in [-0.25, -0.2) is 8.42 Å². The van der Waals surface area contributed by atoms with Crippen LogP contribution in [-0.4, -0.2) is 49.4 Å². The minimum atomic E-state index is -3.68. The number of hydrogen-bond donors (Lipinski definition) is 0. The molecule has 0 unspecified atom stereocenters. The number of carbonyl (C=O) groups is 2. The third-order valence-electron chi connectivity index (χ3n) is 6.27. The molecule has 1 aliphatic carbocycles. The second-order valence-electron chi connectivity index (χ2n) is 8.54. The minimum Gasteiger partial charge on any atom is -0.468 e. The zero-order valence-electron chi connectivity index (χ0n) is 19.7. The van der Waals surface area contributed by atoms with Gasteiger partial charge in [0.1, 0.15) is 6.54 Å². The molecule has 3 aromatic rings. The Hall–Kier alpha value is -2.24. The van der Waals surface area contributed by atoms with Crippen LogP contribution in [0.4, 0.5) is 0 Å². The van der Waals surface area contributed by atoms with Crippen molar-refractivity contribution in [1.82, 2.24) is 8.87 Å². The number of sulfonamides is 1. The molecule has 192 valence electrons. The van der Waals surface area contributed by atoms with Gasteiger partial charge in [-0.15, -0.1) is 0 Å². The van der Waals surface area contributed by atoms with Crippen molar-refractivity contribution in [3.05, 3.63) is 56.8 Å². The summed E-state index contributed by atoms with van der Waals surface area (Å²) in [6, 6.07) is 8.92. The smallest absolute Gasteiger partial charge is 0.325 e. The topological polar surface area (TPSA) is 98.0 Å². The molecular formula is C24H25Cl2N3O5S2. The Morgan fingerprint density at radius 2 is 1.81 bits per heavy atom. The van der Waals surface area contributed by atoms with Gasteiger partial charge < -0.3 is 9.30 Å². The molecule has 1 fully saturated rings. The third-order valence-corrected chi connectivity index (χ3v) is 9.73. The highest BCUT2D eigenvalue weighted by Gasteiger charge is 2.29. The number of fused-ring (bicyclic) bond motifs is 1. The molecule has 1 heterocycles. The number of benzene rings is 2. The first-order chi connectivity index (χ1) is 17.1. The van der Waals surface area contributed by atoms with E-state index in [4.69, 9.17) is 27.9 Å².